The minimum absolute atomic E-state index is 0. The van der Waals surface area contributed by atoms with Gasteiger partial charge in [0, 0.05) is 0 Å². The fourth-order valence-electron chi connectivity index (χ4n) is 1.65. The third kappa shape index (κ3) is 12.5. The zero-order chi connectivity index (χ0) is 10.6. The van der Waals surface area contributed by atoms with Crippen LogP contribution in [0.2, 0.25) is 0 Å². The molecule has 0 spiro atoms. The molecule has 0 unspecified atom stereocenters. The van der Waals surface area contributed by atoms with Crippen LogP contribution < -0.4 is 0 Å². The summed E-state index contributed by atoms with van der Waals surface area (Å²) in [6, 6.07) is 0. The number of hydrogen-bond donors (Lipinski definition) is 0. The molecule has 0 saturated heterocycles. The molecule has 0 aliphatic carbocycles. The molecule has 0 nitrogen and oxygen atoms in total. The first-order chi connectivity index (χ1) is 6.85. The van der Waals surface area contributed by atoms with Gasteiger partial charge in [0.15, 0.2) is 0 Å². The van der Waals surface area contributed by atoms with Gasteiger partial charge in [0.05, 0.1) is 0 Å². The van der Waals surface area contributed by atoms with Gasteiger partial charge in [-0.1, -0.05) is 58.1 Å². The molecule has 0 aromatic carbocycles. The Hall–Kier alpha value is 0.539. The summed E-state index contributed by atoms with van der Waals surface area (Å²) in [4.78, 5) is 0. The van der Waals surface area contributed by atoms with E-state index in [1.165, 1.54) is 57.8 Å². The average molecular weight is 315 g/mol. The molecule has 15 heavy (non-hydrogen) atoms. The monoisotopic (exact) mass is 316 g/mol. The van der Waals surface area contributed by atoms with Crippen molar-refractivity contribution in [2.45, 2.75) is 78.6 Å². The van der Waals surface area contributed by atoms with Crippen molar-refractivity contribution >= 4 is 23.9 Å². The molecule has 0 heterocycles. The van der Waals surface area contributed by atoms with Crippen molar-refractivity contribution in [3.05, 3.63) is 11.6 Å². The maximum absolute atomic E-state index is 2.51. The van der Waals surface area contributed by atoms with Crippen molar-refractivity contribution in [1.29, 1.82) is 0 Å². The van der Waals surface area contributed by atoms with Gasteiger partial charge < -0.3 is 0 Å². The van der Waals surface area contributed by atoms with Crippen molar-refractivity contribution in [3.8, 4) is 0 Å². The standard InChI is InChI=1S/C14H28.Sn/c1-4-7-10-13-14(11-8-5-2)12-9-6-3;/h13H,4-12H2,1-3H3;/q;+2. The Kier molecular flexibility index (Phi) is 17.4. The Morgan fingerprint density at radius 3 is 1.67 bits per heavy atom. The van der Waals surface area contributed by atoms with E-state index >= 15 is 0 Å². The number of hydrogen-bond acceptors (Lipinski definition) is 0. The van der Waals surface area contributed by atoms with Crippen molar-refractivity contribution in [2.75, 3.05) is 0 Å². The van der Waals surface area contributed by atoms with Crippen LogP contribution in [0.25, 0.3) is 0 Å². The normalized spacial score (nSPS) is 9.53. The van der Waals surface area contributed by atoms with E-state index in [0.717, 1.165) is 0 Å². The summed E-state index contributed by atoms with van der Waals surface area (Å²) in [6.45, 7) is 6.83. The molecule has 86 valence electrons. The van der Waals surface area contributed by atoms with E-state index in [1.807, 2.05) is 0 Å². The Labute approximate surface area is 114 Å². The zero-order valence-corrected chi connectivity index (χ0v) is 13.8. The molecule has 0 aliphatic rings. The van der Waals surface area contributed by atoms with Gasteiger partial charge in [0.2, 0.25) is 0 Å². The number of rotatable bonds is 9. The van der Waals surface area contributed by atoms with E-state index in [0.29, 0.717) is 0 Å². The molecule has 2 radical (unpaired) electrons. The van der Waals surface area contributed by atoms with Gasteiger partial charge in [-0.2, -0.15) is 0 Å². The SMILES string of the molecule is CCCCC=C(CCCC)CCCC.[Sn+2]. The Bertz CT molecular complexity index is 128. The van der Waals surface area contributed by atoms with Gasteiger partial charge in [0.25, 0.3) is 0 Å². The molecule has 0 N–H and O–H groups in total. The van der Waals surface area contributed by atoms with E-state index in [9.17, 15) is 0 Å². The maximum atomic E-state index is 2.51. The molecule has 0 fully saturated rings. The van der Waals surface area contributed by atoms with Crippen LogP contribution in [0.1, 0.15) is 78.6 Å². The quantitative estimate of drug-likeness (QED) is 0.315. The van der Waals surface area contributed by atoms with Gasteiger partial charge in [-0.05, 0) is 32.1 Å². The van der Waals surface area contributed by atoms with Gasteiger partial charge in [-0.25, -0.2) is 0 Å². The van der Waals surface area contributed by atoms with Crippen LogP contribution in [0.15, 0.2) is 11.6 Å². The van der Waals surface area contributed by atoms with E-state index in [4.69, 9.17) is 0 Å². The van der Waals surface area contributed by atoms with E-state index in [1.54, 1.807) is 5.57 Å². The molecule has 0 rings (SSSR count). The first-order valence-electron chi connectivity index (χ1n) is 6.53. The van der Waals surface area contributed by atoms with Crippen LogP contribution in [-0.2, 0) is 0 Å². The van der Waals surface area contributed by atoms with Gasteiger partial charge in [0.1, 0.15) is 0 Å². The second-order valence-corrected chi connectivity index (χ2v) is 4.21. The second-order valence-electron chi connectivity index (χ2n) is 4.21. The molecule has 0 bridgehead atoms. The Balaban J connectivity index is 0. The van der Waals surface area contributed by atoms with Gasteiger partial charge in [-0.15, -0.1) is 0 Å². The first kappa shape index (κ1) is 17.9. The van der Waals surface area contributed by atoms with E-state index in [2.05, 4.69) is 26.8 Å². The maximum Gasteiger partial charge on any atom is 2.00 e. The number of allylic oxidation sites excluding steroid dienone is 2. The van der Waals surface area contributed by atoms with Crippen LogP contribution >= 0.6 is 0 Å². The van der Waals surface area contributed by atoms with Crippen LogP contribution in [0.4, 0.5) is 0 Å². The predicted octanol–water partition coefficient (Wildman–Crippen LogP) is 5.10. The average Bonchev–Trinajstić information content (AvgIpc) is 2.21. The van der Waals surface area contributed by atoms with Crippen molar-refractivity contribution in [1.82, 2.24) is 0 Å². The number of unbranched alkanes of at least 4 members (excludes halogenated alkanes) is 4. The molecule has 0 amide bonds. The Morgan fingerprint density at radius 2 is 1.27 bits per heavy atom. The molecule has 0 aromatic heterocycles. The molecule has 0 aromatic rings. The molecule has 0 saturated carbocycles. The predicted molar refractivity (Wildman–Crippen MR) is 72.4 cm³/mol. The third-order valence-electron chi connectivity index (χ3n) is 2.69. The van der Waals surface area contributed by atoms with Crippen LogP contribution in [-0.4, -0.2) is 23.9 Å². The van der Waals surface area contributed by atoms with E-state index < -0.39 is 0 Å². The second kappa shape index (κ2) is 14.5. The smallest absolute Gasteiger partial charge is 0.0853 e. The largest absolute Gasteiger partial charge is 2.00 e. The van der Waals surface area contributed by atoms with Crippen LogP contribution in [0, 0.1) is 0 Å². The topological polar surface area (TPSA) is 0 Å². The first-order valence-corrected chi connectivity index (χ1v) is 6.53. The summed E-state index contributed by atoms with van der Waals surface area (Å²) >= 11 is 0. The summed E-state index contributed by atoms with van der Waals surface area (Å²) in [5, 5.41) is 0. The van der Waals surface area contributed by atoms with Crippen molar-refractivity contribution < 1.29 is 0 Å². The molecule has 1 heteroatoms. The van der Waals surface area contributed by atoms with Crippen LogP contribution in [0.5, 0.6) is 0 Å². The van der Waals surface area contributed by atoms with Crippen molar-refractivity contribution in [2.24, 2.45) is 0 Å². The molecular formula is C14H28Sn+2. The summed E-state index contributed by atoms with van der Waals surface area (Å²) in [5.41, 5.74) is 1.72. The summed E-state index contributed by atoms with van der Waals surface area (Å²) in [7, 11) is 0. The van der Waals surface area contributed by atoms with E-state index in [-0.39, 0.29) is 23.9 Å². The minimum atomic E-state index is 0. The minimum Gasteiger partial charge on any atom is -0.0853 e. The summed E-state index contributed by atoms with van der Waals surface area (Å²) < 4.78 is 0. The molecular weight excluding hydrogens is 287 g/mol. The third-order valence-corrected chi connectivity index (χ3v) is 2.69. The fourth-order valence-corrected chi connectivity index (χ4v) is 1.65. The zero-order valence-electron chi connectivity index (χ0n) is 10.9. The van der Waals surface area contributed by atoms with Gasteiger partial charge in [-0.3, -0.25) is 0 Å². The van der Waals surface area contributed by atoms with Crippen LogP contribution in [0.3, 0.4) is 0 Å². The Morgan fingerprint density at radius 1 is 0.800 bits per heavy atom. The fraction of sp³-hybridized carbons (Fsp3) is 0.857. The van der Waals surface area contributed by atoms with Gasteiger partial charge >= 0.3 is 23.9 Å². The molecule has 0 aliphatic heterocycles. The summed E-state index contributed by atoms with van der Waals surface area (Å²) in [5.74, 6) is 0. The molecule has 0 atom stereocenters. The summed E-state index contributed by atoms with van der Waals surface area (Å²) in [6.07, 6.45) is 14.6. The van der Waals surface area contributed by atoms with Crippen molar-refractivity contribution in [3.63, 3.8) is 0 Å².